The van der Waals surface area contributed by atoms with Crippen LogP contribution in [-0.4, -0.2) is 79.9 Å². The molecule has 8 nitrogen and oxygen atoms in total. The number of Topliss-reactive ketones (excluding diaryl/α,β-unsaturated/α-hetero) is 1. The fourth-order valence-electron chi connectivity index (χ4n) is 7.83. The summed E-state index contributed by atoms with van der Waals surface area (Å²) >= 11 is 0. The molecule has 0 aromatic carbocycles. The Labute approximate surface area is 209 Å². The zero-order valence-corrected chi connectivity index (χ0v) is 21.8. The molecule has 4 fully saturated rings. The smallest absolute Gasteiger partial charge is 0.381 e. The van der Waals surface area contributed by atoms with Crippen LogP contribution in [-0.2, 0) is 23.4 Å². The minimum Gasteiger partial charge on any atom is -0.381 e. The van der Waals surface area contributed by atoms with Crippen molar-refractivity contribution in [1.29, 1.82) is 0 Å². The van der Waals surface area contributed by atoms with Crippen LogP contribution < -0.4 is 0 Å². The van der Waals surface area contributed by atoms with E-state index < -0.39 is 36.8 Å². The molecule has 3 saturated carbocycles. The summed E-state index contributed by atoms with van der Waals surface area (Å²) < 4.78 is 22.0. The fourth-order valence-corrected chi connectivity index (χ4v) is 8.12. The number of ketones is 2. The molecule has 0 aromatic rings. The molecule has 1 aliphatic heterocycles. The Morgan fingerprint density at radius 1 is 1.31 bits per heavy atom. The Morgan fingerprint density at radius 3 is 2.66 bits per heavy atom. The van der Waals surface area contributed by atoms with Crippen LogP contribution in [0.1, 0.15) is 46.5 Å². The molecule has 8 atom stereocenters. The van der Waals surface area contributed by atoms with E-state index in [2.05, 4.69) is 11.4 Å². The van der Waals surface area contributed by atoms with E-state index in [0.717, 1.165) is 18.4 Å². The number of hydrogen-bond donors (Lipinski definition) is 3. The molecule has 5 aliphatic rings. The molecular weight excluding hydrogens is 446 g/mol. The summed E-state index contributed by atoms with van der Waals surface area (Å²) in [5, 5.41) is 11.7. The maximum atomic E-state index is 13.1. The first-order chi connectivity index (χ1) is 14.3. The Bertz CT molecular complexity index is 988. The molecule has 1 spiro atoms. The Hall–Kier alpha value is -0.150. The van der Waals surface area contributed by atoms with Crippen molar-refractivity contribution in [1.82, 2.24) is 0 Å². The third-order valence-electron chi connectivity index (χ3n) is 9.30. The van der Waals surface area contributed by atoms with Crippen LogP contribution in [0.15, 0.2) is 23.8 Å². The van der Waals surface area contributed by atoms with Gasteiger partial charge in [-0.25, -0.2) is 4.57 Å². The maximum Gasteiger partial charge on any atom is 0.470 e. The molecule has 1 saturated heterocycles. The summed E-state index contributed by atoms with van der Waals surface area (Å²) in [5.41, 5.74) is -2.26. The quantitative estimate of drug-likeness (QED) is 0.318. The minimum atomic E-state index is -4.82. The first kappa shape index (κ1) is 25.0. The summed E-state index contributed by atoms with van der Waals surface area (Å²) in [6, 6.07) is 0. The number of allylic oxidation sites excluding steroid dienone is 2. The molecule has 0 aromatic heterocycles. The van der Waals surface area contributed by atoms with Crippen molar-refractivity contribution in [2.45, 2.75) is 63.8 Å². The summed E-state index contributed by atoms with van der Waals surface area (Å²) in [5.74, 6) is -0.942. The van der Waals surface area contributed by atoms with E-state index >= 15 is 0 Å². The fraction of sp³-hybridized carbons (Fsp3) is 0.727. The number of carbonyl (C=O) groups excluding carboxylic acids is 2. The molecule has 0 amide bonds. The average molecular weight is 475 g/mol. The minimum absolute atomic E-state index is 0. The van der Waals surface area contributed by atoms with Gasteiger partial charge >= 0.3 is 7.82 Å². The molecule has 1 heterocycles. The number of phosphoric acid groups is 1. The summed E-state index contributed by atoms with van der Waals surface area (Å²) in [6.07, 6.45) is 7.84. The van der Waals surface area contributed by atoms with Crippen LogP contribution in [0, 0.1) is 28.6 Å². The molecule has 1 radical (unpaired) electrons. The molecule has 32 heavy (non-hydrogen) atoms. The number of hydrogen-bond acceptors (Lipinski definition) is 6. The van der Waals surface area contributed by atoms with Gasteiger partial charge in [0.15, 0.2) is 11.6 Å². The second kappa shape index (κ2) is 7.42. The zero-order valence-electron chi connectivity index (χ0n) is 18.9. The largest absolute Gasteiger partial charge is 0.470 e. The number of carbonyl (C=O) groups is 2. The first-order valence-electron chi connectivity index (χ1n) is 10.9. The molecule has 5 rings (SSSR count). The van der Waals surface area contributed by atoms with Crippen molar-refractivity contribution in [2.75, 3.05) is 6.61 Å². The van der Waals surface area contributed by atoms with E-state index in [-0.39, 0.29) is 64.6 Å². The third kappa shape index (κ3) is 3.01. The van der Waals surface area contributed by atoms with Crippen molar-refractivity contribution < 1.29 is 38.3 Å². The molecule has 3 N–H and O–H groups in total. The van der Waals surface area contributed by atoms with Crippen molar-refractivity contribution in [3.63, 3.8) is 0 Å². The monoisotopic (exact) mass is 475 g/mol. The topological polar surface area (TPSA) is 134 Å². The molecule has 4 aliphatic carbocycles. The van der Waals surface area contributed by atoms with Gasteiger partial charge < -0.3 is 19.6 Å². The first-order valence-corrected chi connectivity index (χ1v) is 12.4. The van der Waals surface area contributed by atoms with Crippen molar-refractivity contribution >= 4 is 48.9 Å². The number of rotatable bonds is 4. The normalized spacial score (nSPS) is 48.6. The molecule has 0 unspecified atom stereocenters. The van der Waals surface area contributed by atoms with Crippen molar-refractivity contribution in [3.8, 4) is 0 Å². The van der Waals surface area contributed by atoms with Crippen LogP contribution >= 0.6 is 7.82 Å². The van der Waals surface area contributed by atoms with Gasteiger partial charge in [-0.2, -0.15) is 0 Å². The van der Waals surface area contributed by atoms with Crippen LogP contribution in [0.4, 0.5) is 0 Å². The van der Waals surface area contributed by atoms with E-state index in [1.165, 1.54) is 0 Å². The Balaban J connectivity index is 0.00000245. The number of epoxide rings is 1. The SMILES string of the molecule is C[C@H]1C[C@H]2[C@@H]3CCC4=CC(=O)C=C[C@]4(C)[C@@]34O[C@H]4C[C@]2(C)[C@@]1(O)C(=O)COP(=O)(O)O.[Na]. The maximum absolute atomic E-state index is 13.1. The van der Waals surface area contributed by atoms with E-state index in [4.69, 9.17) is 14.5 Å². The van der Waals surface area contributed by atoms with Crippen LogP contribution in [0.5, 0.6) is 0 Å². The van der Waals surface area contributed by atoms with Gasteiger partial charge in [-0.05, 0) is 62.5 Å². The standard InChI is InChI=1S/C22H29O8P.Na/c1-12-8-16-15-5-4-13-9-14(23)6-7-19(13,2)22(15)18(30-22)10-20(16,3)21(12,25)17(24)11-29-31(26,27)28;/h6-7,9,12,15-16,18,25H,4-5,8,10-11H2,1-3H3,(H2,26,27,28);/t12-,15-,16-,18-,19-,20-,21-,22+;/m0./s1. The van der Waals surface area contributed by atoms with Gasteiger partial charge in [-0.15, -0.1) is 0 Å². The third-order valence-corrected chi connectivity index (χ3v) is 9.77. The van der Waals surface area contributed by atoms with Gasteiger partial charge in [0.1, 0.15) is 17.8 Å². The van der Waals surface area contributed by atoms with Gasteiger partial charge in [0.2, 0.25) is 0 Å². The van der Waals surface area contributed by atoms with E-state index in [0.29, 0.717) is 12.8 Å². The molecular formula is C22H29NaO8P. The van der Waals surface area contributed by atoms with Crippen LogP contribution in [0.2, 0.25) is 0 Å². The van der Waals surface area contributed by atoms with E-state index in [1.54, 1.807) is 12.2 Å². The molecule has 10 heteroatoms. The summed E-state index contributed by atoms with van der Waals surface area (Å²) in [4.78, 5) is 43.1. The van der Waals surface area contributed by atoms with E-state index in [1.807, 2.05) is 19.9 Å². The average Bonchev–Trinajstić information content (AvgIpc) is 3.36. The zero-order chi connectivity index (χ0) is 22.6. The second-order valence-electron chi connectivity index (χ2n) is 10.5. The second-order valence-corrected chi connectivity index (χ2v) is 11.7. The predicted molar refractivity (Wildman–Crippen MR) is 114 cm³/mol. The van der Waals surface area contributed by atoms with Gasteiger partial charge in [0.25, 0.3) is 0 Å². The number of ether oxygens (including phenoxy) is 1. The number of phosphoric ester groups is 1. The van der Waals surface area contributed by atoms with Crippen LogP contribution in [0.3, 0.4) is 0 Å². The predicted octanol–water partition coefficient (Wildman–Crippen LogP) is 1.70. The van der Waals surface area contributed by atoms with Crippen molar-refractivity contribution in [2.24, 2.45) is 28.6 Å². The Kier molecular flexibility index (Phi) is 5.79. The van der Waals surface area contributed by atoms with Gasteiger partial charge in [0, 0.05) is 40.4 Å². The van der Waals surface area contributed by atoms with E-state index in [9.17, 15) is 19.3 Å². The van der Waals surface area contributed by atoms with Gasteiger partial charge in [-0.3, -0.25) is 14.1 Å². The van der Waals surface area contributed by atoms with Crippen LogP contribution in [0.25, 0.3) is 0 Å². The number of aliphatic hydroxyl groups is 1. The van der Waals surface area contributed by atoms with Gasteiger partial charge in [0.05, 0.1) is 6.10 Å². The number of fused-ring (bicyclic) bond motifs is 3. The van der Waals surface area contributed by atoms with Crippen molar-refractivity contribution in [3.05, 3.63) is 23.8 Å². The molecule has 171 valence electrons. The Morgan fingerprint density at radius 2 is 2.00 bits per heavy atom. The van der Waals surface area contributed by atoms with Gasteiger partial charge in [-0.1, -0.05) is 25.5 Å². The summed E-state index contributed by atoms with van der Waals surface area (Å²) in [6.45, 7) is 5.04. The summed E-state index contributed by atoms with van der Waals surface area (Å²) in [7, 11) is -4.82. The molecule has 0 bridgehead atoms.